The van der Waals surface area contributed by atoms with Crippen molar-refractivity contribution in [3.8, 4) is 0 Å². The van der Waals surface area contributed by atoms with Crippen molar-refractivity contribution in [2.75, 3.05) is 16.8 Å². The van der Waals surface area contributed by atoms with Gasteiger partial charge in [-0.3, -0.25) is 4.68 Å². The number of aromatic nitrogens is 4. The van der Waals surface area contributed by atoms with E-state index < -0.39 is 0 Å². The van der Waals surface area contributed by atoms with Gasteiger partial charge in [0.15, 0.2) is 5.16 Å². The minimum absolute atomic E-state index is 0.112. The molecule has 2 rings (SSSR count). The third-order valence-electron chi connectivity index (χ3n) is 3.04. The molecule has 1 atom stereocenters. The van der Waals surface area contributed by atoms with Crippen LogP contribution < -0.4 is 11.1 Å². The molecule has 7 heteroatoms. The van der Waals surface area contributed by atoms with Gasteiger partial charge >= 0.3 is 0 Å². The quantitative estimate of drug-likeness (QED) is 0.465. The number of aryl methyl sites for hydroxylation is 1. The van der Waals surface area contributed by atoms with Crippen molar-refractivity contribution in [3.63, 3.8) is 0 Å². The summed E-state index contributed by atoms with van der Waals surface area (Å²) >= 11 is 1.64. The van der Waals surface area contributed by atoms with E-state index in [0.717, 1.165) is 28.7 Å². The van der Waals surface area contributed by atoms with Crippen molar-refractivity contribution in [2.24, 2.45) is 7.05 Å². The number of hydrogen-bond acceptors (Lipinski definition) is 6. The average molecular weight is 306 g/mol. The molecule has 0 radical (unpaired) electrons. The molecule has 0 amide bonds. The predicted octanol–water partition coefficient (Wildman–Crippen LogP) is 2.86. The van der Waals surface area contributed by atoms with Crippen LogP contribution in [0.15, 0.2) is 23.6 Å². The molecule has 0 fully saturated rings. The van der Waals surface area contributed by atoms with Crippen molar-refractivity contribution in [1.29, 1.82) is 0 Å². The van der Waals surface area contributed by atoms with Crippen LogP contribution in [-0.4, -0.2) is 25.5 Å². The van der Waals surface area contributed by atoms with Crippen LogP contribution in [-0.2, 0) is 7.05 Å². The van der Waals surface area contributed by atoms with Gasteiger partial charge in [-0.05, 0) is 13.3 Å². The van der Waals surface area contributed by atoms with Crippen molar-refractivity contribution in [3.05, 3.63) is 24.0 Å². The zero-order valence-electron chi connectivity index (χ0n) is 12.7. The Labute approximate surface area is 129 Å². The van der Waals surface area contributed by atoms with E-state index in [1.165, 1.54) is 6.42 Å². The van der Waals surface area contributed by atoms with Crippen LogP contribution in [0.4, 0.5) is 11.6 Å². The number of nitrogens with zero attached hydrogens (tertiary/aromatic N) is 4. The molecule has 114 valence electrons. The molecule has 3 N–H and O–H groups in total. The van der Waals surface area contributed by atoms with E-state index in [-0.39, 0.29) is 6.04 Å². The molecule has 0 bridgehead atoms. The maximum atomic E-state index is 5.86. The van der Waals surface area contributed by atoms with E-state index in [0.29, 0.717) is 5.82 Å². The molecule has 0 aliphatic heterocycles. The molecular weight excluding hydrogens is 284 g/mol. The van der Waals surface area contributed by atoms with Gasteiger partial charge in [0.25, 0.3) is 0 Å². The highest BCUT2D eigenvalue weighted by Crippen LogP contribution is 2.22. The van der Waals surface area contributed by atoms with Crippen molar-refractivity contribution >= 4 is 23.4 Å². The smallest absolute Gasteiger partial charge is 0.191 e. The Morgan fingerprint density at radius 3 is 2.90 bits per heavy atom. The van der Waals surface area contributed by atoms with Gasteiger partial charge in [-0.25, -0.2) is 9.97 Å². The van der Waals surface area contributed by atoms with Gasteiger partial charge in [0.1, 0.15) is 11.6 Å². The Hall–Kier alpha value is -1.76. The fourth-order valence-electron chi connectivity index (χ4n) is 1.86. The Morgan fingerprint density at radius 2 is 2.24 bits per heavy atom. The first-order chi connectivity index (χ1) is 10.1. The minimum atomic E-state index is 0.112. The van der Waals surface area contributed by atoms with Crippen LogP contribution in [0.3, 0.4) is 0 Å². The summed E-state index contributed by atoms with van der Waals surface area (Å²) in [5, 5.41) is 8.25. The lowest BCUT2D eigenvalue weighted by Gasteiger charge is -2.13. The number of rotatable bonds is 7. The van der Waals surface area contributed by atoms with Crippen molar-refractivity contribution in [1.82, 2.24) is 19.7 Å². The molecule has 0 aliphatic rings. The Bertz CT molecular complexity index is 583. The number of hydrogen-bond donors (Lipinski definition) is 2. The van der Waals surface area contributed by atoms with Crippen LogP contribution in [0.1, 0.15) is 38.3 Å². The van der Waals surface area contributed by atoms with Gasteiger partial charge in [-0.15, -0.1) is 0 Å². The summed E-state index contributed by atoms with van der Waals surface area (Å²) in [6, 6.07) is 1.87. The average Bonchev–Trinajstić information content (AvgIpc) is 2.85. The zero-order valence-corrected chi connectivity index (χ0v) is 13.5. The maximum Gasteiger partial charge on any atom is 0.191 e. The highest BCUT2D eigenvalue weighted by Gasteiger charge is 2.10. The van der Waals surface area contributed by atoms with Crippen molar-refractivity contribution < 1.29 is 0 Å². The topological polar surface area (TPSA) is 81.6 Å². The number of nitrogen functional groups attached to an aromatic ring is 1. The summed E-state index contributed by atoms with van der Waals surface area (Å²) in [5.74, 6) is 2.25. The van der Waals surface area contributed by atoms with Crippen molar-refractivity contribution in [2.45, 2.75) is 37.9 Å². The van der Waals surface area contributed by atoms with Gasteiger partial charge < -0.3 is 11.1 Å². The standard InChI is InChI=1S/C14H22N6S/c1-4-5-6-21-14-18-12(15)7-13(19-14)17-10(2)11-8-16-20(3)9-11/h7-10H,4-6H2,1-3H3,(H3,15,17,18,19)/t10-/m0/s1. The second-order valence-corrected chi connectivity index (χ2v) is 6.04. The number of thioether (sulfide) groups is 1. The molecule has 0 aromatic carbocycles. The number of nitrogens with one attached hydrogen (secondary N) is 1. The predicted molar refractivity (Wildman–Crippen MR) is 87.3 cm³/mol. The van der Waals surface area contributed by atoms with Crippen LogP contribution in [0.25, 0.3) is 0 Å². The van der Waals surface area contributed by atoms with E-state index in [1.807, 2.05) is 19.4 Å². The Morgan fingerprint density at radius 1 is 1.43 bits per heavy atom. The lowest BCUT2D eigenvalue weighted by atomic mass is 10.2. The first-order valence-electron chi connectivity index (χ1n) is 7.11. The number of unbranched alkanes of at least 4 members (excludes halogenated alkanes) is 1. The third-order valence-corrected chi connectivity index (χ3v) is 3.98. The molecule has 0 aliphatic carbocycles. The van der Waals surface area contributed by atoms with Crippen LogP contribution in [0.5, 0.6) is 0 Å². The highest BCUT2D eigenvalue weighted by molar-refractivity contribution is 7.99. The van der Waals surface area contributed by atoms with Gasteiger partial charge in [0, 0.05) is 30.6 Å². The summed E-state index contributed by atoms with van der Waals surface area (Å²) in [4.78, 5) is 8.77. The molecule has 2 aromatic heterocycles. The van der Waals surface area contributed by atoms with Gasteiger partial charge in [0.2, 0.25) is 0 Å². The third kappa shape index (κ3) is 4.63. The van der Waals surface area contributed by atoms with Gasteiger partial charge in [-0.2, -0.15) is 5.10 Å². The normalized spacial score (nSPS) is 12.3. The van der Waals surface area contributed by atoms with Crippen LogP contribution in [0, 0.1) is 0 Å². The second-order valence-electron chi connectivity index (χ2n) is 4.98. The monoisotopic (exact) mass is 306 g/mol. The summed E-state index contributed by atoms with van der Waals surface area (Å²) in [6.07, 6.45) is 6.15. The first-order valence-corrected chi connectivity index (χ1v) is 8.09. The Kier molecular flexibility index (Phi) is 5.44. The molecule has 0 unspecified atom stereocenters. The summed E-state index contributed by atoms with van der Waals surface area (Å²) in [6.45, 7) is 4.24. The SMILES string of the molecule is CCCCSc1nc(N)cc(N[C@@H](C)c2cnn(C)c2)n1. The molecule has 0 saturated carbocycles. The lowest BCUT2D eigenvalue weighted by Crippen LogP contribution is -2.09. The molecule has 0 spiro atoms. The van der Waals surface area contributed by atoms with E-state index in [4.69, 9.17) is 5.73 Å². The largest absolute Gasteiger partial charge is 0.383 e. The fourth-order valence-corrected chi connectivity index (χ4v) is 2.81. The maximum absolute atomic E-state index is 5.86. The molecule has 2 aromatic rings. The second kappa shape index (κ2) is 7.31. The number of anilines is 2. The van der Waals surface area contributed by atoms with E-state index in [1.54, 1.807) is 22.5 Å². The molecular formula is C14H22N6S. The molecule has 6 nitrogen and oxygen atoms in total. The molecule has 2 heterocycles. The molecule has 0 saturated heterocycles. The van der Waals surface area contributed by atoms with Gasteiger partial charge in [-0.1, -0.05) is 25.1 Å². The Balaban J connectivity index is 2.05. The summed E-state index contributed by atoms with van der Waals surface area (Å²) in [7, 11) is 1.90. The van der Waals surface area contributed by atoms with Crippen LogP contribution >= 0.6 is 11.8 Å². The summed E-state index contributed by atoms with van der Waals surface area (Å²) < 4.78 is 1.79. The highest BCUT2D eigenvalue weighted by atomic mass is 32.2. The fraction of sp³-hybridized carbons (Fsp3) is 0.500. The summed E-state index contributed by atoms with van der Waals surface area (Å²) in [5.41, 5.74) is 6.97. The van der Waals surface area contributed by atoms with Gasteiger partial charge in [0.05, 0.1) is 12.2 Å². The lowest BCUT2D eigenvalue weighted by molar-refractivity contribution is 0.765. The van der Waals surface area contributed by atoms with Crippen LogP contribution in [0.2, 0.25) is 0 Å². The zero-order chi connectivity index (χ0) is 15.2. The minimum Gasteiger partial charge on any atom is -0.383 e. The van der Waals surface area contributed by atoms with E-state index in [9.17, 15) is 0 Å². The van der Waals surface area contributed by atoms with E-state index >= 15 is 0 Å². The number of nitrogens with two attached hydrogens (primary N) is 1. The van der Waals surface area contributed by atoms with E-state index in [2.05, 4.69) is 34.2 Å². The molecule has 21 heavy (non-hydrogen) atoms. The first kappa shape index (κ1) is 15.6.